The quantitative estimate of drug-likeness (QED) is 0.836. The molecule has 0 aliphatic carbocycles. The normalized spacial score (nSPS) is 10.3. The number of nitrogens with zero attached hydrogens (tertiary/aromatic N) is 1. The molecule has 0 unspecified atom stereocenters. The third-order valence-corrected chi connectivity index (χ3v) is 4.28. The van der Waals surface area contributed by atoms with Crippen molar-refractivity contribution in [2.24, 2.45) is 0 Å². The summed E-state index contributed by atoms with van der Waals surface area (Å²) >= 11 is 11.9. The Kier molecular flexibility index (Phi) is 6.23. The van der Waals surface area contributed by atoms with Crippen molar-refractivity contribution in [1.82, 2.24) is 0 Å². The van der Waals surface area contributed by atoms with Crippen molar-refractivity contribution in [3.05, 3.63) is 58.1 Å². The molecule has 2 aromatic rings. The summed E-state index contributed by atoms with van der Waals surface area (Å²) in [5, 5.41) is 4.01. The first-order valence-corrected chi connectivity index (χ1v) is 8.22. The van der Waals surface area contributed by atoms with Gasteiger partial charge in [-0.05, 0) is 48.9 Å². The van der Waals surface area contributed by atoms with Gasteiger partial charge in [-0.1, -0.05) is 29.3 Å². The number of hydrogen-bond donors (Lipinski definition) is 1. The minimum atomic E-state index is -0.180. The van der Waals surface area contributed by atoms with Gasteiger partial charge in [0.2, 0.25) is 11.8 Å². The van der Waals surface area contributed by atoms with Crippen molar-refractivity contribution < 1.29 is 9.59 Å². The van der Waals surface area contributed by atoms with Gasteiger partial charge in [-0.2, -0.15) is 0 Å². The Morgan fingerprint density at radius 1 is 1.08 bits per heavy atom. The summed E-state index contributed by atoms with van der Waals surface area (Å²) in [5.74, 6) is -0.315. The van der Waals surface area contributed by atoms with E-state index in [9.17, 15) is 9.59 Å². The average Bonchev–Trinajstić information content (AvgIpc) is 2.53. The van der Waals surface area contributed by atoms with Crippen molar-refractivity contribution in [2.75, 3.05) is 16.8 Å². The molecule has 2 rings (SSSR count). The first kappa shape index (κ1) is 18.3. The van der Waals surface area contributed by atoms with Crippen molar-refractivity contribution in [1.29, 1.82) is 0 Å². The lowest BCUT2D eigenvalue weighted by molar-refractivity contribution is -0.117. The summed E-state index contributed by atoms with van der Waals surface area (Å²) in [6, 6.07) is 12.3. The molecule has 4 nitrogen and oxygen atoms in total. The lowest BCUT2D eigenvalue weighted by atomic mass is 10.2. The molecule has 126 valence electrons. The predicted molar refractivity (Wildman–Crippen MR) is 98.9 cm³/mol. The fraction of sp³-hybridized carbons (Fsp3) is 0.222. The molecular weight excluding hydrogens is 347 g/mol. The summed E-state index contributed by atoms with van der Waals surface area (Å²) in [6.07, 6.45) is 0.175. The maximum atomic E-state index is 12.2. The van der Waals surface area contributed by atoms with Gasteiger partial charge in [-0.15, -0.1) is 0 Å². The van der Waals surface area contributed by atoms with E-state index < -0.39 is 0 Å². The van der Waals surface area contributed by atoms with E-state index in [1.165, 1.54) is 6.92 Å². The van der Waals surface area contributed by atoms with Crippen LogP contribution in [0.3, 0.4) is 0 Å². The van der Waals surface area contributed by atoms with Crippen LogP contribution in [0.4, 0.5) is 11.4 Å². The summed E-state index contributed by atoms with van der Waals surface area (Å²) in [6.45, 7) is 3.59. The SMILES string of the molecule is CC(=O)N(CCC(=O)Nc1cccc(Cl)c1C)c1ccc(Cl)cc1. The highest BCUT2D eigenvalue weighted by molar-refractivity contribution is 6.31. The fourth-order valence-corrected chi connectivity index (χ4v) is 2.56. The molecule has 0 radical (unpaired) electrons. The Morgan fingerprint density at radius 2 is 1.75 bits per heavy atom. The Hall–Kier alpha value is -2.04. The number of rotatable bonds is 5. The number of carbonyl (C=O) groups is 2. The van der Waals surface area contributed by atoms with Crippen molar-refractivity contribution in [2.45, 2.75) is 20.3 Å². The summed E-state index contributed by atoms with van der Waals surface area (Å²) < 4.78 is 0. The van der Waals surface area contributed by atoms with Crippen molar-refractivity contribution in [3.63, 3.8) is 0 Å². The molecule has 0 aliphatic rings. The van der Waals surface area contributed by atoms with Crippen LogP contribution >= 0.6 is 23.2 Å². The topological polar surface area (TPSA) is 49.4 Å². The van der Waals surface area contributed by atoms with E-state index in [4.69, 9.17) is 23.2 Å². The number of benzene rings is 2. The number of carbonyl (C=O) groups excluding carboxylic acids is 2. The molecule has 2 aromatic carbocycles. The maximum absolute atomic E-state index is 12.2. The van der Waals surface area contributed by atoms with Gasteiger partial charge >= 0.3 is 0 Å². The van der Waals surface area contributed by atoms with Crippen LogP contribution in [0.5, 0.6) is 0 Å². The molecule has 0 fully saturated rings. The minimum absolute atomic E-state index is 0.135. The Labute approximate surface area is 151 Å². The van der Waals surface area contributed by atoms with Gasteiger partial charge in [0.15, 0.2) is 0 Å². The molecule has 0 spiro atoms. The van der Waals surface area contributed by atoms with E-state index in [1.807, 2.05) is 6.92 Å². The van der Waals surface area contributed by atoms with Gasteiger partial charge in [0.1, 0.15) is 0 Å². The van der Waals surface area contributed by atoms with Crippen LogP contribution in [0, 0.1) is 6.92 Å². The van der Waals surface area contributed by atoms with Crippen LogP contribution < -0.4 is 10.2 Å². The van der Waals surface area contributed by atoms with Gasteiger partial charge in [0, 0.05) is 41.3 Å². The fourth-order valence-electron chi connectivity index (χ4n) is 2.26. The van der Waals surface area contributed by atoms with E-state index in [-0.39, 0.29) is 24.8 Å². The summed E-state index contributed by atoms with van der Waals surface area (Å²) in [4.78, 5) is 25.6. The van der Waals surface area contributed by atoms with Crippen LogP contribution in [-0.2, 0) is 9.59 Å². The zero-order chi connectivity index (χ0) is 17.7. The zero-order valence-electron chi connectivity index (χ0n) is 13.5. The van der Waals surface area contributed by atoms with Gasteiger partial charge in [0.25, 0.3) is 0 Å². The third kappa shape index (κ3) is 4.73. The average molecular weight is 365 g/mol. The second-order valence-corrected chi connectivity index (χ2v) is 6.20. The summed E-state index contributed by atoms with van der Waals surface area (Å²) in [5.41, 5.74) is 2.20. The molecule has 0 saturated heterocycles. The van der Waals surface area contributed by atoms with E-state index >= 15 is 0 Å². The van der Waals surface area contributed by atoms with E-state index in [0.717, 1.165) is 5.56 Å². The third-order valence-electron chi connectivity index (χ3n) is 3.62. The van der Waals surface area contributed by atoms with Crippen molar-refractivity contribution >= 4 is 46.4 Å². The Morgan fingerprint density at radius 3 is 2.38 bits per heavy atom. The lowest BCUT2D eigenvalue weighted by Crippen LogP contribution is -2.31. The molecule has 1 N–H and O–H groups in total. The highest BCUT2D eigenvalue weighted by Crippen LogP contribution is 2.23. The minimum Gasteiger partial charge on any atom is -0.326 e. The van der Waals surface area contributed by atoms with Crippen LogP contribution in [0.15, 0.2) is 42.5 Å². The van der Waals surface area contributed by atoms with Crippen molar-refractivity contribution in [3.8, 4) is 0 Å². The second kappa shape index (κ2) is 8.18. The van der Waals surface area contributed by atoms with Crippen LogP contribution in [0.2, 0.25) is 10.0 Å². The van der Waals surface area contributed by atoms with Gasteiger partial charge in [-0.3, -0.25) is 9.59 Å². The van der Waals surface area contributed by atoms with E-state index in [2.05, 4.69) is 5.32 Å². The summed E-state index contributed by atoms with van der Waals surface area (Å²) in [7, 11) is 0. The molecule has 0 aliphatic heterocycles. The molecular formula is C18H18Cl2N2O2. The number of halogens is 2. The van der Waals surface area contributed by atoms with Crippen LogP contribution in [-0.4, -0.2) is 18.4 Å². The molecule has 0 saturated carbocycles. The van der Waals surface area contributed by atoms with E-state index in [1.54, 1.807) is 47.4 Å². The molecule has 0 aromatic heterocycles. The van der Waals surface area contributed by atoms with E-state index in [0.29, 0.717) is 21.4 Å². The molecule has 0 bridgehead atoms. The first-order chi connectivity index (χ1) is 11.4. The zero-order valence-corrected chi connectivity index (χ0v) is 15.0. The van der Waals surface area contributed by atoms with Gasteiger partial charge < -0.3 is 10.2 Å². The highest BCUT2D eigenvalue weighted by Gasteiger charge is 2.14. The molecule has 0 atom stereocenters. The molecule has 24 heavy (non-hydrogen) atoms. The number of amides is 2. The highest BCUT2D eigenvalue weighted by atomic mass is 35.5. The van der Waals surface area contributed by atoms with Crippen LogP contribution in [0.25, 0.3) is 0 Å². The second-order valence-electron chi connectivity index (χ2n) is 5.36. The van der Waals surface area contributed by atoms with Gasteiger partial charge in [-0.25, -0.2) is 0 Å². The predicted octanol–water partition coefficient (Wildman–Crippen LogP) is 4.68. The number of anilines is 2. The van der Waals surface area contributed by atoms with Crippen LogP contribution in [0.1, 0.15) is 18.9 Å². The molecule has 6 heteroatoms. The number of nitrogens with one attached hydrogen (secondary N) is 1. The standard InChI is InChI=1S/C18H18Cl2N2O2/c1-12-16(20)4-3-5-17(12)21-18(24)10-11-22(13(2)23)15-8-6-14(19)7-9-15/h3-9H,10-11H2,1-2H3,(H,21,24). The maximum Gasteiger partial charge on any atom is 0.226 e. The smallest absolute Gasteiger partial charge is 0.226 e. The largest absolute Gasteiger partial charge is 0.326 e. The lowest BCUT2D eigenvalue weighted by Gasteiger charge is -2.21. The Bertz CT molecular complexity index is 745. The number of hydrogen-bond acceptors (Lipinski definition) is 2. The molecule has 2 amide bonds. The molecule has 0 heterocycles. The Balaban J connectivity index is 2.01. The van der Waals surface area contributed by atoms with Gasteiger partial charge in [0.05, 0.1) is 0 Å². The monoisotopic (exact) mass is 364 g/mol. The first-order valence-electron chi connectivity index (χ1n) is 7.47.